The van der Waals surface area contributed by atoms with Crippen molar-refractivity contribution in [3.8, 4) is 0 Å². The van der Waals surface area contributed by atoms with E-state index in [1.165, 1.54) is 6.20 Å². The number of likely N-dealkylation sites (tertiary alicyclic amines) is 1. The number of nitrogens with one attached hydrogen (secondary N) is 2. The van der Waals surface area contributed by atoms with Crippen LogP contribution in [0.25, 0.3) is 0 Å². The Morgan fingerprint density at radius 1 is 1.24 bits per heavy atom. The molecule has 1 unspecified atom stereocenters. The van der Waals surface area contributed by atoms with E-state index in [1.807, 2.05) is 30.5 Å². The third-order valence-corrected chi connectivity index (χ3v) is 7.42. The van der Waals surface area contributed by atoms with Gasteiger partial charge in [-0.25, -0.2) is 13.8 Å². The lowest BCUT2D eigenvalue weighted by Crippen LogP contribution is -2.39. The van der Waals surface area contributed by atoms with Crippen LogP contribution in [0.5, 0.6) is 0 Å². The molecule has 12 heteroatoms. The second-order valence-electron chi connectivity index (χ2n) is 8.66. The predicted octanol–water partition coefficient (Wildman–Crippen LogP) is 4.96. The SMILES string of the molecule is CP(C)(=O)c1ccccc1Nc1nc(Nc2cnn(C3CCCN(CC(F)F)C3)c2)ncc1Cl. The Kier molecular flexibility index (Phi) is 7.50. The first-order chi connectivity index (χ1) is 16.2. The van der Waals surface area contributed by atoms with Crippen molar-refractivity contribution < 1.29 is 13.3 Å². The van der Waals surface area contributed by atoms with Gasteiger partial charge < -0.3 is 15.2 Å². The lowest BCUT2D eigenvalue weighted by molar-refractivity contribution is 0.0647. The highest BCUT2D eigenvalue weighted by Gasteiger charge is 2.24. The van der Waals surface area contributed by atoms with Gasteiger partial charge in [0.2, 0.25) is 5.95 Å². The summed E-state index contributed by atoms with van der Waals surface area (Å²) in [4.78, 5) is 10.5. The van der Waals surface area contributed by atoms with Crippen molar-refractivity contribution >= 4 is 47.2 Å². The molecular formula is C22H27ClF2N7OP. The highest BCUT2D eigenvalue weighted by Crippen LogP contribution is 2.38. The van der Waals surface area contributed by atoms with Crippen LogP contribution in [0.15, 0.2) is 42.9 Å². The third-order valence-electron chi connectivity index (χ3n) is 5.59. The molecule has 182 valence electrons. The zero-order valence-electron chi connectivity index (χ0n) is 19.0. The fraction of sp³-hybridized carbons (Fsp3) is 0.409. The minimum Gasteiger partial charge on any atom is -0.338 e. The number of halogens is 3. The van der Waals surface area contributed by atoms with E-state index in [9.17, 15) is 13.3 Å². The van der Waals surface area contributed by atoms with E-state index in [4.69, 9.17) is 11.6 Å². The van der Waals surface area contributed by atoms with E-state index < -0.39 is 13.6 Å². The summed E-state index contributed by atoms with van der Waals surface area (Å²) in [5, 5.41) is 11.7. The second kappa shape index (κ2) is 10.4. The lowest BCUT2D eigenvalue weighted by atomic mass is 10.1. The van der Waals surface area contributed by atoms with Gasteiger partial charge in [-0.3, -0.25) is 9.58 Å². The van der Waals surface area contributed by atoms with Gasteiger partial charge in [0.1, 0.15) is 12.2 Å². The maximum absolute atomic E-state index is 12.8. The molecule has 4 rings (SSSR count). The van der Waals surface area contributed by atoms with Gasteiger partial charge in [-0.2, -0.15) is 10.1 Å². The highest BCUT2D eigenvalue weighted by molar-refractivity contribution is 7.70. The maximum Gasteiger partial charge on any atom is 0.251 e. The summed E-state index contributed by atoms with van der Waals surface area (Å²) < 4.78 is 40.0. The third kappa shape index (κ3) is 6.11. The molecular weight excluding hydrogens is 483 g/mol. The van der Waals surface area contributed by atoms with Crippen LogP contribution in [0.3, 0.4) is 0 Å². The number of para-hydroxylation sites is 1. The molecule has 0 aliphatic carbocycles. The first kappa shape index (κ1) is 24.6. The zero-order valence-corrected chi connectivity index (χ0v) is 20.6. The summed E-state index contributed by atoms with van der Waals surface area (Å²) in [5.41, 5.74) is 1.34. The fourth-order valence-corrected chi connectivity index (χ4v) is 5.32. The summed E-state index contributed by atoms with van der Waals surface area (Å²) >= 11 is 6.31. The van der Waals surface area contributed by atoms with Crippen molar-refractivity contribution in [1.29, 1.82) is 0 Å². The largest absolute Gasteiger partial charge is 0.338 e. The standard InChI is InChI=1S/C22H27ClF2N7OP/c1-34(2,33)19-8-4-3-7-18(19)29-21-17(23)11-26-22(30-21)28-15-10-27-32(12-15)16-6-5-9-31(13-16)14-20(24)25/h3-4,7-8,10-12,16,20H,5-6,9,13-14H2,1-2H3,(H2,26,28,29,30). The minimum atomic E-state index is -2.52. The van der Waals surface area contributed by atoms with E-state index in [1.54, 1.807) is 29.1 Å². The van der Waals surface area contributed by atoms with Crippen molar-refractivity contribution in [3.05, 3.63) is 47.9 Å². The van der Waals surface area contributed by atoms with Crippen LogP contribution in [0.4, 0.5) is 31.9 Å². The number of anilines is 4. The van der Waals surface area contributed by atoms with Gasteiger partial charge in [-0.15, -0.1) is 0 Å². The average Bonchev–Trinajstić information content (AvgIpc) is 3.24. The molecule has 3 heterocycles. The molecule has 1 aliphatic heterocycles. The quantitative estimate of drug-likeness (QED) is 0.415. The molecule has 1 fully saturated rings. The van der Waals surface area contributed by atoms with Crippen LogP contribution < -0.4 is 15.9 Å². The Morgan fingerprint density at radius 2 is 2.03 bits per heavy atom. The number of rotatable bonds is 8. The van der Waals surface area contributed by atoms with Gasteiger partial charge in [-0.05, 0) is 44.8 Å². The van der Waals surface area contributed by atoms with Gasteiger partial charge >= 0.3 is 0 Å². The molecule has 0 spiro atoms. The smallest absolute Gasteiger partial charge is 0.251 e. The van der Waals surface area contributed by atoms with E-state index in [-0.39, 0.29) is 12.6 Å². The Labute approximate surface area is 202 Å². The normalized spacial score (nSPS) is 17.2. The monoisotopic (exact) mass is 509 g/mol. The first-order valence-electron chi connectivity index (χ1n) is 10.9. The molecule has 34 heavy (non-hydrogen) atoms. The highest BCUT2D eigenvalue weighted by atomic mass is 35.5. The van der Waals surface area contributed by atoms with Gasteiger partial charge in [0, 0.05) is 18.0 Å². The molecule has 0 saturated carbocycles. The van der Waals surface area contributed by atoms with Gasteiger partial charge in [0.05, 0.1) is 36.4 Å². The molecule has 1 saturated heterocycles. The van der Waals surface area contributed by atoms with E-state index in [2.05, 4.69) is 25.7 Å². The minimum absolute atomic E-state index is 0.0293. The molecule has 1 aliphatic rings. The molecule has 3 aromatic rings. The summed E-state index contributed by atoms with van der Waals surface area (Å²) in [6.45, 7) is 4.41. The van der Waals surface area contributed by atoms with E-state index >= 15 is 0 Å². The number of alkyl halides is 2. The Morgan fingerprint density at radius 3 is 2.79 bits per heavy atom. The molecule has 0 amide bonds. The van der Waals surface area contributed by atoms with Crippen LogP contribution in [-0.2, 0) is 4.57 Å². The maximum atomic E-state index is 12.8. The van der Waals surface area contributed by atoms with Crippen LogP contribution in [0.2, 0.25) is 5.02 Å². The lowest BCUT2D eigenvalue weighted by Gasteiger charge is -2.32. The summed E-state index contributed by atoms with van der Waals surface area (Å²) in [6.07, 6.45) is 4.33. The van der Waals surface area contributed by atoms with Crippen molar-refractivity contribution in [2.45, 2.75) is 25.3 Å². The molecule has 2 aromatic heterocycles. The Hall–Kier alpha value is -2.55. The van der Waals surface area contributed by atoms with Gasteiger partial charge in [-0.1, -0.05) is 23.7 Å². The number of piperidine rings is 1. The number of benzene rings is 1. The summed E-state index contributed by atoms with van der Waals surface area (Å²) in [7, 11) is -2.52. The van der Waals surface area contributed by atoms with Crippen LogP contribution in [0.1, 0.15) is 18.9 Å². The average molecular weight is 510 g/mol. The number of hydrogen-bond donors (Lipinski definition) is 2. The topological polar surface area (TPSA) is 88.0 Å². The summed E-state index contributed by atoms with van der Waals surface area (Å²) in [6, 6.07) is 7.36. The summed E-state index contributed by atoms with van der Waals surface area (Å²) in [5.74, 6) is 0.686. The van der Waals surface area contributed by atoms with Crippen LogP contribution >= 0.6 is 18.7 Å². The molecule has 1 aromatic carbocycles. The molecule has 0 radical (unpaired) electrons. The van der Waals surface area contributed by atoms with Crippen molar-refractivity contribution in [2.75, 3.05) is 43.6 Å². The van der Waals surface area contributed by atoms with Crippen LogP contribution in [0, 0.1) is 0 Å². The molecule has 8 nitrogen and oxygen atoms in total. The molecule has 2 N–H and O–H groups in total. The number of nitrogens with zero attached hydrogens (tertiary/aromatic N) is 5. The second-order valence-corrected chi connectivity index (χ2v) is 12.3. The zero-order chi connectivity index (χ0) is 24.3. The fourth-order valence-electron chi connectivity index (χ4n) is 4.03. The van der Waals surface area contributed by atoms with Crippen molar-refractivity contribution in [2.24, 2.45) is 0 Å². The molecule has 1 atom stereocenters. The van der Waals surface area contributed by atoms with Crippen molar-refractivity contribution in [3.63, 3.8) is 0 Å². The Bertz CT molecular complexity index is 1190. The van der Waals surface area contributed by atoms with Crippen LogP contribution in [-0.4, -0.2) is 64.0 Å². The number of hydrogen-bond acceptors (Lipinski definition) is 7. The molecule has 0 bridgehead atoms. The van der Waals surface area contributed by atoms with Gasteiger partial charge in [0.15, 0.2) is 5.82 Å². The first-order valence-corrected chi connectivity index (χ1v) is 13.9. The predicted molar refractivity (Wildman–Crippen MR) is 132 cm³/mol. The Balaban J connectivity index is 1.48. The van der Waals surface area contributed by atoms with Crippen molar-refractivity contribution in [1.82, 2.24) is 24.6 Å². The van der Waals surface area contributed by atoms with E-state index in [0.717, 1.165) is 12.8 Å². The van der Waals surface area contributed by atoms with Gasteiger partial charge in [0.25, 0.3) is 6.43 Å². The number of aromatic nitrogens is 4. The van der Waals surface area contributed by atoms with E-state index in [0.29, 0.717) is 46.6 Å².